The highest BCUT2D eigenvalue weighted by atomic mass is 16.2. The standard InChI is InChI=1S/C35H46N10O3/c1-23(46)42-32(19-26-21-38-22-41-26)33(47)44-31(18-24-8-3-2-4-9-24)29-14-17-45(34(48)30(43-29)12-7-15-39-35(36)37)16-13-25-20-40-28-11-6-5-10-27(25)28/h2-6,8-11,20-22,29-32,40,43H,7,12-19H2,1H3,(H,38,41)(H,42,46)(H,44,47)(H4,36,37,39)/t29-,30-,31-,32-/m0/s1. The van der Waals surface area contributed by atoms with Crippen molar-refractivity contribution >= 4 is 34.6 Å². The lowest BCUT2D eigenvalue weighted by molar-refractivity contribution is -0.132. The van der Waals surface area contributed by atoms with Gasteiger partial charge in [0.2, 0.25) is 17.7 Å². The summed E-state index contributed by atoms with van der Waals surface area (Å²) in [7, 11) is 0. The molecular weight excluding hydrogens is 608 g/mol. The minimum absolute atomic E-state index is 0.0135. The van der Waals surface area contributed by atoms with Crippen LogP contribution in [0.15, 0.2) is 73.3 Å². The second kappa shape index (κ2) is 16.6. The zero-order valence-electron chi connectivity index (χ0n) is 27.3. The number of nitrogens with zero attached hydrogens (tertiary/aromatic N) is 2. The molecule has 13 nitrogen and oxygen atoms in total. The van der Waals surface area contributed by atoms with Crippen LogP contribution in [-0.2, 0) is 33.6 Å². The van der Waals surface area contributed by atoms with Gasteiger partial charge < -0.3 is 41.9 Å². The van der Waals surface area contributed by atoms with E-state index in [1.165, 1.54) is 6.92 Å². The number of carbonyl (C=O) groups is 3. The maximum atomic E-state index is 14.1. The molecule has 0 radical (unpaired) electrons. The van der Waals surface area contributed by atoms with E-state index in [4.69, 9.17) is 11.1 Å². The lowest BCUT2D eigenvalue weighted by Crippen LogP contribution is -2.58. The van der Waals surface area contributed by atoms with E-state index in [2.05, 4.69) is 42.3 Å². The first kappa shape index (κ1) is 34.2. The smallest absolute Gasteiger partial charge is 0.243 e. The summed E-state index contributed by atoms with van der Waals surface area (Å²) in [5, 5.41) is 21.1. The molecule has 1 fully saturated rings. The zero-order valence-corrected chi connectivity index (χ0v) is 27.3. The molecule has 0 saturated carbocycles. The van der Waals surface area contributed by atoms with Crippen LogP contribution in [0, 0.1) is 5.41 Å². The summed E-state index contributed by atoms with van der Waals surface area (Å²) >= 11 is 0. The molecule has 48 heavy (non-hydrogen) atoms. The topological polar surface area (TPSA) is 197 Å². The number of H-pyrrole nitrogens is 2. The van der Waals surface area contributed by atoms with Gasteiger partial charge in [-0.1, -0.05) is 48.5 Å². The fourth-order valence-electron chi connectivity index (χ4n) is 6.42. The number of aromatic amines is 2. The maximum Gasteiger partial charge on any atom is 0.243 e. The molecule has 1 aliphatic heterocycles. The van der Waals surface area contributed by atoms with Crippen LogP contribution in [0.1, 0.15) is 43.0 Å². The Labute approximate surface area is 280 Å². The summed E-state index contributed by atoms with van der Waals surface area (Å²) in [4.78, 5) is 52.4. The van der Waals surface area contributed by atoms with Crippen molar-refractivity contribution in [2.24, 2.45) is 5.73 Å². The van der Waals surface area contributed by atoms with Gasteiger partial charge in [0, 0.05) is 68.4 Å². The minimum Gasteiger partial charge on any atom is -0.370 e. The lowest BCUT2D eigenvalue weighted by atomic mass is 9.95. The molecule has 3 heterocycles. The number of imidazole rings is 1. The van der Waals surface area contributed by atoms with Gasteiger partial charge in [-0.2, -0.15) is 0 Å². The van der Waals surface area contributed by atoms with Gasteiger partial charge in [0.05, 0.1) is 18.1 Å². The van der Waals surface area contributed by atoms with Crippen molar-refractivity contribution in [3.05, 3.63) is 90.1 Å². The third-order valence-corrected chi connectivity index (χ3v) is 8.82. The van der Waals surface area contributed by atoms with E-state index < -0.39 is 12.1 Å². The summed E-state index contributed by atoms with van der Waals surface area (Å²) in [5.41, 5.74) is 9.42. The van der Waals surface area contributed by atoms with Crippen molar-refractivity contribution in [1.82, 2.24) is 41.1 Å². The number of aromatic nitrogens is 3. The number of para-hydroxylation sites is 1. The van der Waals surface area contributed by atoms with Crippen LogP contribution in [0.3, 0.4) is 0 Å². The van der Waals surface area contributed by atoms with Gasteiger partial charge in [0.1, 0.15) is 6.04 Å². The molecule has 0 spiro atoms. The number of nitrogens with two attached hydrogens (primary N) is 1. The number of guanidine groups is 1. The number of amides is 3. The van der Waals surface area contributed by atoms with Crippen molar-refractivity contribution in [2.45, 2.75) is 69.6 Å². The predicted molar refractivity (Wildman–Crippen MR) is 185 cm³/mol. The van der Waals surface area contributed by atoms with Crippen LogP contribution in [0.2, 0.25) is 0 Å². The average molecular weight is 655 g/mol. The van der Waals surface area contributed by atoms with Crippen molar-refractivity contribution < 1.29 is 14.4 Å². The van der Waals surface area contributed by atoms with Gasteiger partial charge in [-0.3, -0.25) is 19.8 Å². The Balaban J connectivity index is 1.37. The van der Waals surface area contributed by atoms with Crippen molar-refractivity contribution in [3.63, 3.8) is 0 Å². The average Bonchev–Trinajstić information content (AvgIpc) is 3.71. The number of hydrogen-bond acceptors (Lipinski definition) is 6. The van der Waals surface area contributed by atoms with Crippen LogP contribution >= 0.6 is 0 Å². The summed E-state index contributed by atoms with van der Waals surface area (Å²) in [6, 6.07) is 16.1. The number of nitrogens with one attached hydrogen (secondary N) is 7. The number of hydrogen-bond donors (Lipinski definition) is 8. The second-order valence-corrected chi connectivity index (χ2v) is 12.4. The third-order valence-electron chi connectivity index (χ3n) is 8.82. The van der Waals surface area contributed by atoms with E-state index in [1.807, 2.05) is 59.6 Å². The third kappa shape index (κ3) is 9.44. The van der Waals surface area contributed by atoms with E-state index in [1.54, 1.807) is 12.5 Å². The van der Waals surface area contributed by atoms with Gasteiger partial charge in [-0.15, -0.1) is 0 Å². The van der Waals surface area contributed by atoms with Crippen LogP contribution in [-0.4, -0.2) is 87.3 Å². The van der Waals surface area contributed by atoms with Crippen molar-refractivity contribution in [1.29, 1.82) is 5.41 Å². The van der Waals surface area contributed by atoms with Gasteiger partial charge in [0.25, 0.3) is 0 Å². The van der Waals surface area contributed by atoms with E-state index >= 15 is 0 Å². The van der Waals surface area contributed by atoms with Gasteiger partial charge in [-0.05, 0) is 49.3 Å². The monoisotopic (exact) mass is 654 g/mol. The van der Waals surface area contributed by atoms with E-state index in [9.17, 15) is 14.4 Å². The Kier molecular flexibility index (Phi) is 11.8. The Morgan fingerprint density at radius 1 is 1.08 bits per heavy atom. The number of carbonyl (C=O) groups excluding carboxylic acids is 3. The Morgan fingerprint density at radius 2 is 1.88 bits per heavy atom. The van der Waals surface area contributed by atoms with Gasteiger partial charge in [-0.25, -0.2) is 4.98 Å². The Bertz CT molecular complexity index is 1660. The van der Waals surface area contributed by atoms with Crippen LogP contribution in [0.4, 0.5) is 0 Å². The molecule has 3 amide bonds. The summed E-state index contributed by atoms with van der Waals surface area (Å²) < 4.78 is 0. The molecule has 0 aliphatic carbocycles. The number of rotatable bonds is 15. The Hall–Kier alpha value is -5.17. The molecule has 13 heteroatoms. The number of benzene rings is 2. The molecule has 4 atom stereocenters. The molecule has 1 saturated heterocycles. The molecule has 0 unspecified atom stereocenters. The number of fused-ring (bicyclic) bond motifs is 1. The normalized spacial score (nSPS) is 17.8. The molecule has 9 N–H and O–H groups in total. The SMILES string of the molecule is CC(=O)N[C@@H](Cc1c[nH]cn1)C(=O)N[C@@H](Cc1ccccc1)[C@@H]1CCN(CCc2c[nH]c3ccccc23)C(=O)[C@H](CCCNC(=N)N)N1. The van der Waals surface area contributed by atoms with Gasteiger partial charge in [0.15, 0.2) is 5.96 Å². The van der Waals surface area contributed by atoms with Crippen molar-refractivity contribution in [2.75, 3.05) is 19.6 Å². The summed E-state index contributed by atoms with van der Waals surface area (Å²) in [6.07, 6.45) is 8.49. The second-order valence-electron chi connectivity index (χ2n) is 12.4. The highest BCUT2D eigenvalue weighted by Crippen LogP contribution is 2.21. The molecule has 5 rings (SSSR count). The fourth-order valence-corrected chi connectivity index (χ4v) is 6.42. The molecule has 4 aromatic rings. The minimum atomic E-state index is -0.822. The largest absolute Gasteiger partial charge is 0.370 e. The maximum absolute atomic E-state index is 14.1. The van der Waals surface area contributed by atoms with Crippen LogP contribution < -0.4 is 27.0 Å². The first-order chi connectivity index (χ1) is 23.3. The first-order valence-corrected chi connectivity index (χ1v) is 16.5. The fraction of sp³-hybridized carbons (Fsp3) is 0.400. The highest BCUT2D eigenvalue weighted by molar-refractivity contribution is 5.87. The van der Waals surface area contributed by atoms with E-state index in [0.717, 1.165) is 22.0 Å². The zero-order chi connectivity index (χ0) is 33.9. The first-order valence-electron chi connectivity index (χ1n) is 16.5. The molecule has 2 aromatic heterocycles. The van der Waals surface area contributed by atoms with Crippen LogP contribution in [0.25, 0.3) is 10.9 Å². The molecular formula is C35H46N10O3. The summed E-state index contributed by atoms with van der Waals surface area (Å²) in [6.45, 7) is 2.93. The van der Waals surface area contributed by atoms with Gasteiger partial charge >= 0.3 is 0 Å². The summed E-state index contributed by atoms with van der Waals surface area (Å²) in [5.74, 6) is -0.722. The predicted octanol–water partition coefficient (Wildman–Crippen LogP) is 1.73. The van der Waals surface area contributed by atoms with Crippen LogP contribution in [0.5, 0.6) is 0 Å². The quantitative estimate of drug-likeness (QED) is 0.0543. The highest BCUT2D eigenvalue weighted by Gasteiger charge is 2.35. The molecule has 2 aromatic carbocycles. The van der Waals surface area contributed by atoms with E-state index in [-0.39, 0.29) is 42.2 Å². The van der Waals surface area contributed by atoms with Crippen molar-refractivity contribution in [3.8, 4) is 0 Å². The Morgan fingerprint density at radius 3 is 2.62 bits per heavy atom. The lowest BCUT2D eigenvalue weighted by Gasteiger charge is -2.31. The van der Waals surface area contributed by atoms with E-state index in [0.29, 0.717) is 57.4 Å². The molecule has 0 bridgehead atoms. The molecule has 254 valence electrons. The molecule has 1 aliphatic rings.